The highest BCUT2D eigenvalue weighted by molar-refractivity contribution is 6.30. The highest BCUT2D eigenvalue weighted by Crippen LogP contribution is 2.22. The molecule has 4 nitrogen and oxygen atoms in total. The van der Waals surface area contributed by atoms with Crippen LogP contribution in [0, 0.1) is 0 Å². The van der Waals surface area contributed by atoms with Gasteiger partial charge >= 0.3 is 0 Å². The number of aromatic nitrogens is 2. The van der Waals surface area contributed by atoms with Crippen LogP contribution in [0.15, 0.2) is 43.0 Å². The van der Waals surface area contributed by atoms with Crippen molar-refractivity contribution in [2.24, 2.45) is 0 Å². The number of halogens is 1. The molecule has 0 bridgehead atoms. The maximum Gasteiger partial charge on any atom is 0.222 e. The lowest BCUT2D eigenvalue weighted by atomic mass is 10.3. The van der Waals surface area contributed by atoms with Gasteiger partial charge < -0.3 is 9.88 Å². The van der Waals surface area contributed by atoms with Crippen molar-refractivity contribution in [1.82, 2.24) is 14.9 Å². The van der Waals surface area contributed by atoms with E-state index in [1.807, 2.05) is 48.9 Å². The number of carbonyl (C=O) groups excluding carboxylic acids is 1. The Morgan fingerprint density at radius 3 is 2.65 bits per heavy atom. The van der Waals surface area contributed by atoms with Gasteiger partial charge in [-0.05, 0) is 31.5 Å². The summed E-state index contributed by atoms with van der Waals surface area (Å²) in [5.41, 5.74) is 0.606. The summed E-state index contributed by atoms with van der Waals surface area (Å²) < 4.78 is 1.88. The SMILES string of the molecule is C[14C](C)(NC(=O)CCn1ccnc1)c1ccc(Cl)cc1. The molecular weight excluding hydrogens is 276 g/mol. The summed E-state index contributed by atoms with van der Waals surface area (Å²) in [6.07, 6.45) is 5.68. The van der Waals surface area contributed by atoms with Gasteiger partial charge in [0.1, 0.15) is 0 Å². The minimum absolute atomic E-state index is 0.0126. The van der Waals surface area contributed by atoms with Gasteiger partial charge in [-0.1, -0.05) is 23.7 Å². The zero-order chi connectivity index (χ0) is 14.6. The minimum Gasteiger partial charge on any atom is -0.347 e. The number of hydrogen-bond acceptors (Lipinski definition) is 2. The van der Waals surface area contributed by atoms with Crippen LogP contribution in [0.5, 0.6) is 0 Å². The Labute approximate surface area is 123 Å². The Morgan fingerprint density at radius 2 is 2.05 bits per heavy atom. The molecule has 0 aliphatic rings. The van der Waals surface area contributed by atoms with Crippen LogP contribution < -0.4 is 5.32 Å². The van der Waals surface area contributed by atoms with Crippen molar-refractivity contribution in [3.63, 3.8) is 0 Å². The molecular formula is C15H18ClN3O. The van der Waals surface area contributed by atoms with Crippen LogP contribution in [-0.4, -0.2) is 15.5 Å². The zero-order valence-electron chi connectivity index (χ0n) is 11.6. The molecule has 5 heteroatoms. The first-order valence-corrected chi connectivity index (χ1v) is 6.88. The van der Waals surface area contributed by atoms with E-state index in [-0.39, 0.29) is 5.91 Å². The summed E-state index contributed by atoms with van der Waals surface area (Å²) in [6, 6.07) is 7.52. The number of nitrogens with zero attached hydrogens (tertiary/aromatic N) is 2. The number of hydrogen-bond donors (Lipinski definition) is 1. The number of benzene rings is 1. The van der Waals surface area contributed by atoms with Gasteiger partial charge in [-0.3, -0.25) is 4.79 Å². The fourth-order valence-corrected chi connectivity index (χ4v) is 2.13. The highest BCUT2D eigenvalue weighted by Gasteiger charge is 2.22. The molecule has 1 heterocycles. The summed E-state index contributed by atoms with van der Waals surface area (Å²) in [4.78, 5) is 16.0. The van der Waals surface area contributed by atoms with Crippen LogP contribution in [0.2, 0.25) is 5.02 Å². The van der Waals surface area contributed by atoms with E-state index in [0.29, 0.717) is 18.0 Å². The number of rotatable bonds is 5. The molecule has 0 saturated heterocycles. The lowest BCUT2D eigenvalue weighted by molar-refractivity contribution is -0.123. The molecule has 0 radical (unpaired) electrons. The summed E-state index contributed by atoms with van der Waals surface area (Å²) in [5, 5.41) is 3.73. The summed E-state index contributed by atoms with van der Waals surface area (Å²) >= 11 is 5.88. The molecule has 1 aromatic heterocycles. The van der Waals surface area contributed by atoms with Gasteiger partial charge in [-0.2, -0.15) is 0 Å². The van der Waals surface area contributed by atoms with E-state index in [9.17, 15) is 4.79 Å². The van der Waals surface area contributed by atoms with E-state index in [0.717, 1.165) is 5.56 Å². The smallest absolute Gasteiger partial charge is 0.222 e. The Morgan fingerprint density at radius 1 is 1.35 bits per heavy atom. The molecule has 0 atom stereocenters. The van der Waals surface area contributed by atoms with Crippen LogP contribution in [0.1, 0.15) is 25.8 Å². The fourth-order valence-electron chi connectivity index (χ4n) is 2.00. The van der Waals surface area contributed by atoms with Crippen LogP contribution >= 0.6 is 11.6 Å². The maximum absolute atomic E-state index is 12.0. The van der Waals surface area contributed by atoms with Gasteiger partial charge in [0, 0.05) is 30.4 Å². The predicted molar refractivity (Wildman–Crippen MR) is 79.5 cm³/mol. The molecule has 0 aliphatic heterocycles. The molecule has 0 saturated carbocycles. The lowest BCUT2D eigenvalue weighted by Gasteiger charge is -2.27. The first-order chi connectivity index (χ1) is 9.47. The quantitative estimate of drug-likeness (QED) is 0.921. The zero-order valence-corrected chi connectivity index (χ0v) is 12.4. The average molecular weight is 294 g/mol. The lowest BCUT2D eigenvalue weighted by Crippen LogP contribution is -2.41. The van der Waals surface area contributed by atoms with Gasteiger partial charge in [0.25, 0.3) is 0 Å². The second kappa shape index (κ2) is 6.09. The normalized spacial score (nSPS) is 11.3. The molecule has 0 spiro atoms. The summed E-state index contributed by atoms with van der Waals surface area (Å²) in [6.45, 7) is 4.58. The minimum atomic E-state index is -0.420. The molecule has 106 valence electrons. The van der Waals surface area contributed by atoms with Crippen molar-refractivity contribution >= 4 is 17.5 Å². The van der Waals surface area contributed by atoms with Gasteiger partial charge in [0.2, 0.25) is 5.91 Å². The average Bonchev–Trinajstić information content (AvgIpc) is 2.89. The molecule has 1 aromatic carbocycles. The molecule has 2 rings (SSSR count). The Balaban J connectivity index is 1.93. The predicted octanol–water partition coefficient (Wildman–Crippen LogP) is 2.98. The fraction of sp³-hybridized carbons (Fsp3) is 0.333. The monoisotopic (exact) mass is 293 g/mol. The number of aryl methyl sites for hydroxylation is 1. The maximum atomic E-state index is 12.0. The van der Waals surface area contributed by atoms with Crippen LogP contribution in [0.25, 0.3) is 0 Å². The summed E-state index contributed by atoms with van der Waals surface area (Å²) in [7, 11) is 0. The Kier molecular flexibility index (Phi) is 4.45. The molecule has 2 aromatic rings. The number of amides is 1. The molecule has 0 fully saturated rings. The van der Waals surface area contributed by atoms with E-state index in [2.05, 4.69) is 10.3 Å². The van der Waals surface area contributed by atoms with Crippen molar-refractivity contribution in [3.8, 4) is 0 Å². The van der Waals surface area contributed by atoms with E-state index in [1.165, 1.54) is 0 Å². The Hall–Kier alpha value is -1.81. The third-order valence-electron chi connectivity index (χ3n) is 3.17. The van der Waals surface area contributed by atoms with Crippen LogP contribution in [-0.2, 0) is 16.9 Å². The van der Waals surface area contributed by atoms with Crippen molar-refractivity contribution in [2.75, 3.05) is 0 Å². The second-order valence-electron chi connectivity index (χ2n) is 5.23. The van der Waals surface area contributed by atoms with E-state index < -0.39 is 5.54 Å². The van der Waals surface area contributed by atoms with E-state index >= 15 is 0 Å². The van der Waals surface area contributed by atoms with Crippen LogP contribution in [0.3, 0.4) is 0 Å². The molecule has 0 aliphatic carbocycles. The van der Waals surface area contributed by atoms with Crippen molar-refractivity contribution in [3.05, 3.63) is 53.6 Å². The first-order valence-electron chi connectivity index (χ1n) is 6.50. The Bertz CT molecular complexity index is 561. The molecule has 1 N–H and O–H groups in total. The second-order valence-corrected chi connectivity index (χ2v) is 5.67. The van der Waals surface area contributed by atoms with Crippen molar-refractivity contribution in [2.45, 2.75) is 32.4 Å². The largest absolute Gasteiger partial charge is 0.347 e. The van der Waals surface area contributed by atoms with E-state index in [4.69, 9.17) is 11.6 Å². The standard InChI is InChI=1S/C15H18ClN3O/c1-15(2,12-3-5-13(16)6-4-12)18-14(20)7-9-19-10-8-17-11-19/h3-6,8,10-11H,7,9H2,1-2H3,(H,18,20)/i15+2. The topological polar surface area (TPSA) is 46.9 Å². The van der Waals surface area contributed by atoms with Crippen molar-refractivity contribution < 1.29 is 4.79 Å². The third-order valence-corrected chi connectivity index (χ3v) is 3.43. The van der Waals surface area contributed by atoms with Gasteiger partial charge in [0.05, 0.1) is 11.9 Å². The number of carbonyl (C=O) groups is 1. The molecule has 20 heavy (non-hydrogen) atoms. The summed E-state index contributed by atoms with van der Waals surface area (Å²) in [5.74, 6) is 0.0126. The van der Waals surface area contributed by atoms with Gasteiger partial charge in [-0.25, -0.2) is 4.98 Å². The highest BCUT2D eigenvalue weighted by atomic mass is 35.5. The number of nitrogens with one attached hydrogen (secondary N) is 1. The third kappa shape index (κ3) is 3.84. The molecule has 0 unspecified atom stereocenters. The number of imidazole rings is 1. The molecule has 1 amide bonds. The first kappa shape index (κ1) is 14.6. The van der Waals surface area contributed by atoms with E-state index in [1.54, 1.807) is 12.5 Å². The van der Waals surface area contributed by atoms with Gasteiger partial charge in [0.15, 0.2) is 0 Å². The van der Waals surface area contributed by atoms with Crippen LogP contribution in [0.4, 0.5) is 0 Å². The van der Waals surface area contributed by atoms with Gasteiger partial charge in [-0.15, -0.1) is 0 Å². The van der Waals surface area contributed by atoms with Crippen molar-refractivity contribution in [1.29, 1.82) is 0 Å².